The third-order valence-corrected chi connectivity index (χ3v) is 3.82. The van der Waals surface area contributed by atoms with E-state index < -0.39 is 0 Å². The number of ether oxygens (including phenoxy) is 2. The first kappa shape index (κ1) is 19.6. The topological polar surface area (TPSA) is 80.2 Å². The molecule has 2 aromatic carbocycles. The normalized spacial score (nSPS) is 10.8. The summed E-state index contributed by atoms with van der Waals surface area (Å²) in [6.45, 7) is 5.90. The molecule has 0 aromatic heterocycles. The van der Waals surface area contributed by atoms with Gasteiger partial charge in [0.15, 0.2) is 18.1 Å². The van der Waals surface area contributed by atoms with E-state index in [1.165, 1.54) is 6.21 Å². The van der Waals surface area contributed by atoms with E-state index in [4.69, 9.17) is 26.3 Å². The molecule has 1 amide bonds. The first-order valence-corrected chi connectivity index (χ1v) is 8.46. The van der Waals surface area contributed by atoms with Crippen LogP contribution in [0, 0.1) is 13.8 Å². The molecule has 6 nitrogen and oxygen atoms in total. The number of anilines is 1. The minimum absolute atomic E-state index is 0.222. The maximum atomic E-state index is 12.2. The van der Waals surface area contributed by atoms with Crippen LogP contribution in [0.1, 0.15) is 23.6 Å². The number of nitrogens with one attached hydrogen (secondary N) is 1. The number of carbonyl (C=O) groups is 1. The average Bonchev–Trinajstić information content (AvgIpc) is 2.57. The van der Waals surface area contributed by atoms with Crippen LogP contribution in [0.2, 0.25) is 5.02 Å². The zero-order valence-electron chi connectivity index (χ0n) is 14.9. The molecule has 7 heteroatoms. The van der Waals surface area contributed by atoms with Crippen molar-refractivity contribution >= 4 is 29.4 Å². The number of nitrogens with zero attached hydrogens (tertiary/aromatic N) is 1. The molecule has 0 aliphatic heterocycles. The monoisotopic (exact) mass is 376 g/mol. The molecule has 0 unspecified atom stereocenters. The van der Waals surface area contributed by atoms with E-state index in [2.05, 4.69) is 10.5 Å². The summed E-state index contributed by atoms with van der Waals surface area (Å²) < 4.78 is 11.1. The van der Waals surface area contributed by atoms with Gasteiger partial charge in [0.2, 0.25) is 0 Å². The highest BCUT2D eigenvalue weighted by atomic mass is 35.5. The standard InChI is InChI=1S/C19H21ClN2O4/c1-4-25-17-9-14(10-21-24)8-15(20)19(17)26-11-18(23)22-16-6-5-12(2)7-13(16)3/h5-10,24H,4,11H2,1-3H3,(H,22,23)/b21-10+. The van der Waals surface area contributed by atoms with E-state index in [0.717, 1.165) is 16.8 Å². The van der Waals surface area contributed by atoms with E-state index >= 15 is 0 Å². The number of aryl methyl sites for hydroxylation is 2. The van der Waals surface area contributed by atoms with Crippen molar-refractivity contribution in [3.8, 4) is 11.5 Å². The van der Waals surface area contributed by atoms with E-state index in [9.17, 15) is 4.79 Å². The van der Waals surface area contributed by atoms with Gasteiger partial charge >= 0.3 is 0 Å². The number of oxime groups is 1. The fourth-order valence-electron chi connectivity index (χ4n) is 2.41. The van der Waals surface area contributed by atoms with Crippen molar-refractivity contribution in [1.29, 1.82) is 0 Å². The molecule has 0 radical (unpaired) electrons. The van der Waals surface area contributed by atoms with Crippen LogP contribution in [0.5, 0.6) is 11.5 Å². The molecule has 2 N–H and O–H groups in total. The van der Waals surface area contributed by atoms with Crippen LogP contribution in [0.4, 0.5) is 5.69 Å². The summed E-state index contributed by atoms with van der Waals surface area (Å²) >= 11 is 6.21. The van der Waals surface area contributed by atoms with Crippen molar-refractivity contribution in [2.45, 2.75) is 20.8 Å². The van der Waals surface area contributed by atoms with Gasteiger partial charge < -0.3 is 20.0 Å². The van der Waals surface area contributed by atoms with Gasteiger partial charge in [-0.25, -0.2) is 0 Å². The summed E-state index contributed by atoms with van der Waals surface area (Å²) in [5.74, 6) is 0.324. The SMILES string of the molecule is CCOc1cc(/C=N/O)cc(Cl)c1OCC(=O)Nc1ccc(C)cc1C. The van der Waals surface area contributed by atoms with Gasteiger partial charge in [-0.05, 0) is 44.5 Å². The molecule has 0 bridgehead atoms. The number of hydrogen-bond acceptors (Lipinski definition) is 5. The minimum Gasteiger partial charge on any atom is -0.490 e. The van der Waals surface area contributed by atoms with Crippen LogP contribution in [0.25, 0.3) is 0 Å². The molecule has 0 saturated heterocycles. The van der Waals surface area contributed by atoms with E-state index in [1.807, 2.05) is 39.0 Å². The lowest BCUT2D eigenvalue weighted by Gasteiger charge is -2.15. The maximum absolute atomic E-state index is 12.2. The predicted molar refractivity (Wildman–Crippen MR) is 102 cm³/mol. The molecule has 2 rings (SSSR count). The van der Waals surface area contributed by atoms with Crippen molar-refractivity contribution in [1.82, 2.24) is 0 Å². The minimum atomic E-state index is -0.309. The predicted octanol–water partition coefficient (Wildman–Crippen LogP) is 4.18. The maximum Gasteiger partial charge on any atom is 0.262 e. The third-order valence-electron chi connectivity index (χ3n) is 3.54. The Bertz CT molecular complexity index is 821. The van der Waals surface area contributed by atoms with Crippen molar-refractivity contribution < 1.29 is 19.5 Å². The van der Waals surface area contributed by atoms with Crippen LogP contribution in [-0.4, -0.2) is 30.5 Å². The molecule has 26 heavy (non-hydrogen) atoms. The van der Waals surface area contributed by atoms with Crippen molar-refractivity contribution in [2.75, 3.05) is 18.5 Å². The molecule has 0 saturated carbocycles. The van der Waals surface area contributed by atoms with Crippen LogP contribution in [0.3, 0.4) is 0 Å². The second kappa shape index (κ2) is 9.10. The highest BCUT2D eigenvalue weighted by Crippen LogP contribution is 2.36. The Morgan fingerprint density at radius 1 is 1.27 bits per heavy atom. The van der Waals surface area contributed by atoms with Crippen LogP contribution < -0.4 is 14.8 Å². The molecule has 0 aliphatic rings. The third kappa shape index (κ3) is 5.13. The number of benzene rings is 2. The van der Waals surface area contributed by atoms with E-state index in [-0.39, 0.29) is 23.3 Å². The molecular formula is C19H21ClN2O4. The van der Waals surface area contributed by atoms with E-state index in [1.54, 1.807) is 12.1 Å². The smallest absolute Gasteiger partial charge is 0.262 e. The summed E-state index contributed by atoms with van der Waals surface area (Å²) in [6.07, 6.45) is 1.23. The zero-order valence-corrected chi connectivity index (χ0v) is 15.6. The molecule has 2 aromatic rings. The second-order valence-corrected chi connectivity index (χ2v) is 6.07. The lowest BCUT2D eigenvalue weighted by Crippen LogP contribution is -2.21. The summed E-state index contributed by atoms with van der Waals surface area (Å²) in [4.78, 5) is 12.2. The van der Waals surface area contributed by atoms with Gasteiger partial charge in [-0.1, -0.05) is 34.5 Å². The average molecular weight is 377 g/mol. The Kier molecular flexibility index (Phi) is 6.86. The summed E-state index contributed by atoms with van der Waals surface area (Å²) in [6, 6.07) is 8.94. The lowest BCUT2D eigenvalue weighted by atomic mass is 10.1. The quantitative estimate of drug-likeness (QED) is 0.431. The Balaban J connectivity index is 2.11. The van der Waals surface area contributed by atoms with Crippen LogP contribution in [0.15, 0.2) is 35.5 Å². The van der Waals surface area contributed by atoms with Gasteiger partial charge in [0.25, 0.3) is 5.91 Å². The number of amides is 1. The van der Waals surface area contributed by atoms with Gasteiger partial charge in [-0.2, -0.15) is 0 Å². The van der Waals surface area contributed by atoms with Gasteiger partial charge in [-0.15, -0.1) is 0 Å². The van der Waals surface area contributed by atoms with Crippen molar-refractivity contribution in [2.24, 2.45) is 5.16 Å². The largest absolute Gasteiger partial charge is 0.490 e. The molecule has 0 fully saturated rings. The molecule has 0 spiro atoms. The fraction of sp³-hybridized carbons (Fsp3) is 0.263. The van der Waals surface area contributed by atoms with Crippen molar-refractivity contribution in [3.63, 3.8) is 0 Å². The molecule has 0 aliphatic carbocycles. The Hall–Kier alpha value is -2.73. The first-order valence-electron chi connectivity index (χ1n) is 8.08. The van der Waals surface area contributed by atoms with Crippen LogP contribution >= 0.6 is 11.6 Å². The summed E-state index contributed by atoms with van der Waals surface area (Å²) in [7, 11) is 0. The summed E-state index contributed by atoms with van der Waals surface area (Å²) in [5, 5.41) is 14.7. The molecule has 138 valence electrons. The second-order valence-electron chi connectivity index (χ2n) is 5.66. The Morgan fingerprint density at radius 3 is 2.69 bits per heavy atom. The molecule has 0 heterocycles. The van der Waals surface area contributed by atoms with Gasteiger partial charge in [0.1, 0.15) is 0 Å². The zero-order chi connectivity index (χ0) is 19.1. The number of halogens is 1. The molecule has 0 atom stereocenters. The van der Waals surface area contributed by atoms with Gasteiger partial charge in [0.05, 0.1) is 17.8 Å². The first-order chi connectivity index (χ1) is 12.4. The number of rotatable bonds is 7. The van der Waals surface area contributed by atoms with Crippen molar-refractivity contribution in [3.05, 3.63) is 52.0 Å². The number of hydrogen-bond donors (Lipinski definition) is 2. The number of carbonyl (C=O) groups excluding carboxylic acids is 1. The Labute approximate surface area is 157 Å². The Morgan fingerprint density at radius 2 is 2.04 bits per heavy atom. The van der Waals surface area contributed by atoms with E-state index in [0.29, 0.717) is 17.9 Å². The highest BCUT2D eigenvalue weighted by Gasteiger charge is 2.14. The van der Waals surface area contributed by atoms with Gasteiger partial charge in [-0.3, -0.25) is 4.79 Å². The molecular weight excluding hydrogens is 356 g/mol. The van der Waals surface area contributed by atoms with Crippen LogP contribution in [-0.2, 0) is 4.79 Å². The highest BCUT2D eigenvalue weighted by molar-refractivity contribution is 6.32. The van der Waals surface area contributed by atoms with Gasteiger partial charge in [0, 0.05) is 11.3 Å². The lowest BCUT2D eigenvalue weighted by molar-refractivity contribution is -0.118. The summed E-state index contributed by atoms with van der Waals surface area (Å²) in [5.41, 5.74) is 3.37. The fourth-order valence-corrected chi connectivity index (χ4v) is 2.68.